The first-order valence-corrected chi connectivity index (χ1v) is 6.96. The van der Waals surface area contributed by atoms with Crippen LogP contribution >= 0.6 is 0 Å². The van der Waals surface area contributed by atoms with Crippen molar-refractivity contribution in [3.8, 4) is 0 Å². The van der Waals surface area contributed by atoms with E-state index in [0.29, 0.717) is 0 Å². The number of amides is 1. The maximum atomic E-state index is 12.7. The second kappa shape index (κ2) is 4.64. The normalized spacial score (nSPS) is 21.5. The molecule has 0 spiro atoms. The fourth-order valence-electron chi connectivity index (χ4n) is 2.49. The molecule has 3 heteroatoms. The number of nitrogens with one attached hydrogen (secondary N) is 1. The molecule has 3 nitrogen and oxygen atoms in total. The van der Waals surface area contributed by atoms with E-state index in [1.54, 1.807) is 0 Å². The van der Waals surface area contributed by atoms with E-state index >= 15 is 0 Å². The number of nitrogens with zero attached hydrogens (tertiary/aromatic N) is 1. The number of rotatable bonds is 2. The molecule has 1 aliphatic rings. The molecule has 2 rings (SSSR count). The third kappa shape index (κ3) is 2.52. The molecule has 0 saturated carbocycles. The van der Waals surface area contributed by atoms with Crippen molar-refractivity contribution in [2.45, 2.75) is 52.1 Å². The van der Waals surface area contributed by atoms with Gasteiger partial charge in [-0.15, -0.1) is 0 Å². The van der Waals surface area contributed by atoms with Crippen LogP contribution in [-0.2, 0) is 11.2 Å². The number of anilines is 1. The Morgan fingerprint density at radius 3 is 2.26 bits per heavy atom. The molecule has 0 unspecified atom stereocenters. The minimum absolute atomic E-state index is 0.132. The van der Waals surface area contributed by atoms with Crippen molar-refractivity contribution in [1.82, 2.24) is 5.32 Å². The Morgan fingerprint density at radius 2 is 1.74 bits per heavy atom. The van der Waals surface area contributed by atoms with Crippen LogP contribution in [0.25, 0.3) is 0 Å². The molecular weight excluding hydrogens is 236 g/mol. The molecule has 1 aromatic rings. The van der Waals surface area contributed by atoms with Gasteiger partial charge in [-0.1, -0.05) is 19.1 Å². The highest BCUT2D eigenvalue weighted by molar-refractivity contribution is 6.01. The van der Waals surface area contributed by atoms with Crippen LogP contribution in [0.1, 0.15) is 40.2 Å². The maximum absolute atomic E-state index is 12.7. The van der Waals surface area contributed by atoms with Gasteiger partial charge in [-0.25, -0.2) is 0 Å². The third-order valence-electron chi connectivity index (χ3n) is 3.91. The zero-order chi connectivity index (χ0) is 14.3. The first kappa shape index (κ1) is 14.1. The lowest BCUT2D eigenvalue weighted by Gasteiger charge is -2.48. The number of piperazine rings is 1. The number of carbonyl (C=O) groups is 1. The zero-order valence-electron chi connectivity index (χ0n) is 12.6. The Kier molecular flexibility index (Phi) is 3.43. The quantitative estimate of drug-likeness (QED) is 0.886. The second-order valence-electron chi connectivity index (χ2n) is 6.45. The summed E-state index contributed by atoms with van der Waals surface area (Å²) in [5, 5.41) is 3.33. The highest BCUT2D eigenvalue weighted by Gasteiger charge is 2.45. The maximum Gasteiger partial charge on any atom is 0.247 e. The average molecular weight is 260 g/mol. The number of benzene rings is 1. The molecule has 1 heterocycles. The lowest BCUT2D eigenvalue weighted by Crippen LogP contribution is -2.69. The number of hydrogen-bond donors (Lipinski definition) is 1. The first-order valence-electron chi connectivity index (χ1n) is 6.96. The van der Waals surface area contributed by atoms with Crippen LogP contribution in [0, 0.1) is 0 Å². The van der Waals surface area contributed by atoms with Gasteiger partial charge in [0.2, 0.25) is 5.91 Å². The Bertz CT molecular complexity index is 474. The van der Waals surface area contributed by atoms with E-state index < -0.39 is 5.54 Å². The van der Waals surface area contributed by atoms with Gasteiger partial charge in [-0.05, 0) is 51.8 Å². The molecule has 0 aromatic heterocycles. The fourth-order valence-corrected chi connectivity index (χ4v) is 2.49. The Morgan fingerprint density at radius 1 is 1.16 bits per heavy atom. The summed E-state index contributed by atoms with van der Waals surface area (Å²) in [5.74, 6) is 0.132. The summed E-state index contributed by atoms with van der Waals surface area (Å²) in [6.45, 7) is 11.0. The highest BCUT2D eigenvalue weighted by Crippen LogP contribution is 2.30. The predicted molar refractivity (Wildman–Crippen MR) is 79.5 cm³/mol. The SMILES string of the molecule is CCc1ccc(N2C(=O)C(C)(C)NCC2(C)C)cc1. The summed E-state index contributed by atoms with van der Waals surface area (Å²) in [5.41, 5.74) is 1.57. The van der Waals surface area contributed by atoms with Gasteiger partial charge in [-0.3, -0.25) is 4.79 Å². The van der Waals surface area contributed by atoms with E-state index in [2.05, 4.69) is 50.4 Å². The first-order chi connectivity index (χ1) is 8.78. The smallest absolute Gasteiger partial charge is 0.247 e. The van der Waals surface area contributed by atoms with Crippen LogP contribution in [0.15, 0.2) is 24.3 Å². The summed E-state index contributed by atoms with van der Waals surface area (Å²) in [4.78, 5) is 14.6. The summed E-state index contributed by atoms with van der Waals surface area (Å²) in [7, 11) is 0. The molecule has 1 N–H and O–H groups in total. The molecule has 1 fully saturated rings. The molecule has 104 valence electrons. The van der Waals surface area contributed by atoms with Crippen molar-refractivity contribution in [2.75, 3.05) is 11.4 Å². The topological polar surface area (TPSA) is 32.3 Å². The molecule has 0 aliphatic carbocycles. The molecular formula is C16H24N2O. The van der Waals surface area contributed by atoms with Crippen molar-refractivity contribution in [3.05, 3.63) is 29.8 Å². The summed E-state index contributed by atoms with van der Waals surface area (Å²) < 4.78 is 0. The van der Waals surface area contributed by atoms with Crippen LogP contribution < -0.4 is 10.2 Å². The lowest BCUT2D eigenvalue weighted by atomic mass is 9.90. The van der Waals surface area contributed by atoms with Gasteiger partial charge in [0.1, 0.15) is 0 Å². The van der Waals surface area contributed by atoms with Crippen molar-refractivity contribution in [2.24, 2.45) is 0 Å². The Labute approximate surface area is 116 Å². The van der Waals surface area contributed by atoms with E-state index in [4.69, 9.17) is 0 Å². The Hall–Kier alpha value is -1.35. The molecule has 1 aromatic carbocycles. The molecule has 0 radical (unpaired) electrons. The molecule has 0 atom stereocenters. The van der Waals surface area contributed by atoms with Crippen LogP contribution in [0.2, 0.25) is 0 Å². The number of aryl methyl sites for hydroxylation is 1. The van der Waals surface area contributed by atoms with Crippen LogP contribution in [0.3, 0.4) is 0 Å². The summed E-state index contributed by atoms with van der Waals surface area (Å²) in [6, 6.07) is 8.32. The largest absolute Gasteiger partial charge is 0.304 e. The van der Waals surface area contributed by atoms with Crippen LogP contribution in [0.5, 0.6) is 0 Å². The fraction of sp³-hybridized carbons (Fsp3) is 0.562. The minimum Gasteiger partial charge on any atom is -0.304 e. The van der Waals surface area contributed by atoms with E-state index in [-0.39, 0.29) is 11.4 Å². The molecule has 1 aliphatic heterocycles. The van der Waals surface area contributed by atoms with E-state index in [1.165, 1.54) is 5.56 Å². The third-order valence-corrected chi connectivity index (χ3v) is 3.91. The van der Waals surface area contributed by atoms with Crippen molar-refractivity contribution in [3.63, 3.8) is 0 Å². The monoisotopic (exact) mass is 260 g/mol. The van der Waals surface area contributed by atoms with Gasteiger partial charge in [0.15, 0.2) is 0 Å². The number of carbonyl (C=O) groups excluding carboxylic acids is 1. The van der Waals surface area contributed by atoms with E-state index in [1.807, 2.05) is 18.7 Å². The van der Waals surface area contributed by atoms with Gasteiger partial charge in [0.25, 0.3) is 0 Å². The van der Waals surface area contributed by atoms with E-state index in [0.717, 1.165) is 18.7 Å². The average Bonchev–Trinajstić information content (AvgIpc) is 2.36. The number of hydrogen-bond acceptors (Lipinski definition) is 2. The van der Waals surface area contributed by atoms with Crippen LogP contribution in [0.4, 0.5) is 5.69 Å². The molecule has 1 saturated heterocycles. The molecule has 0 bridgehead atoms. The van der Waals surface area contributed by atoms with Gasteiger partial charge in [0, 0.05) is 12.2 Å². The van der Waals surface area contributed by atoms with Gasteiger partial charge in [-0.2, -0.15) is 0 Å². The molecule has 19 heavy (non-hydrogen) atoms. The molecule has 1 amide bonds. The summed E-state index contributed by atoms with van der Waals surface area (Å²) in [6.07, 6.45) is 1.02. The van der Waals surface area contributed by atoms with Gasteiger partial charge >= 0.3 is 0 Å². The zero-order valence-corrected chi connectivity index (χ0v) is 12.6. The van der Waals surface area contributed by atoms with Gasteiger partial charge in [0.05, 0.1) is 11.1 Å². The second-order valence-corrected chi connectivity index (χ2v) is 6.45. The van der Waals surface area contributed by atoms with Crippen molar-refractivity contribution < 1.29 is 4.79 Å². The van der Waals surface area contributed by atoms with Crippen molar-refractivity contribution >= 4 is 11.6 Å². The van der Waals surface area contributed by atoms with E-state index in [9.17, 15) is 4.79 Å². The van der Waals surface area contributed by atoms with Gasteiger partial charge < -0.3 is 10.2 Å². The minimum atomic E-state index is -0.501. The Balaban J connectivity index is 2.40. The summed E-state index contributed by atoms with van der Waals surface area (Å²) >= 11 is 0. The van der Waals surface area contributed by atoms with Crippen molar-refractivity contribution in [1.29, 1.82) is 0 Å². The van der Waals surface area contributed by atoms with Crippen LogP contribution in [-0.4, -0.2) is 23.5 Å². The lowest BCUT2D eigenvalue weighted by molar-refractivity contribution is -0.126. The predicted octanol–water partition coefficient (Wildman–Crippen LogP) is 2.74. The standard InChI is InChI=1S/C16H24N2O/c1-6-12-7-9-13(10-8-12)18-14(19)16(4,5)17-11-15(18,2)3/h7-10,17H,6,11H2,1-5H3. The highest BCUT2D eigenvalue weighted by atomic mass is 16.2.